The van der Waals surface area contributed by atoms with Crippen molar-refractivity contribution in [1.29, 1.82) is 0 Å². The van der Waals surface area contributed by atoms with Crippen molar-refractivity contribution in [3.8, 4) is 0 Å². The molecule has 0 aromatic carbocycles. The van der Waals surface area contributed by atoms with Crippen molar-refractivity contribution in [3.05, 3.63) is 0 Å². The van der Waals surface area contributed by atoms with E-state index in [1.54, 1.807) is 13.8 Å². The molecule has 0 aliphatic carbocycles. The van der Waals surface area contributed by atoms with E-state index in [2.05, 4.69) is 0 Å². The average Bonchev–Trinajstić information content (AvgIpc) is 2.33. The number of carbonyl (C=O) groups excluding carboxylic acids is 1. The van der Waals surface area contributed by atoms with E-state index in [0.717, 1.165) is 12.8 Å². The fourth-order valence-corrected chi connectivity index (χ4v) is 4.15. The third-order valence-corrected chi connectivity index (χ3v) is 5.67. The molecule has 0 saturated heterocycles. The Morgan fingerprint density at radius 1 is 1.26 bits per heavy atom. The first-order chi connectivity index (χ1) is 8.81. The van der Waals surface area contributed by atoms with Gasteiger partial charge in [0.05, 0.1) is 6.61 Å². The Balaban J connectivity index is 5.56. The highest BCUT2D eigenvalue weighted by Crippen LogP contribution is 2.59. The minimum absolute atomic E-state index is 0.0956. The summed E-state index contributed by atoms with van der Waals surface area (Å²) < 4.78 is 16.9. The summed E-state index contributed by atoms with van der Waals surface area (Å²) in [5.41, 5.74) is 0. The maximum Gasteiger partial charge on any atom is 0.343 e. The van der Waals surface area contributed by atoms with E-state index in [9.17, 15) is 19.1 Å². The highest BCUT2D eigenvalue weighted by molar-refractivity contribution is 7.54. The SMILES string of the molecule is CCCCC(CC)C(CC)(C(=O)OCC)P(=O)(O)O. The normalized spacial score (nSPS) is 16.7. The van der Waals surface area contributed by atoms with Gasteiger partial charge >= 0.3 is 13.6 Å². The van der Waals surface area contributed by atoms with E-state index in [0.29, 0.717) is 12.8 Å². The molecule has 6 heteroatoms. The van der Waals surface area contributed by atoms with Gasteiger partial charge in [0, 0.05) is 0 Å². The first-order valence-electron chi connectivity index (χ1n) is 7.04. The maximum atomic E-state index is 12.2. The van der Waals surface area contributed by atoms with Gasteiger partial charge in [-0.1, -0.05) is 40.0 Å². The zero-order valence-electron chi connectivity index (χ0n) is 12.4. The van der Waals surface area contributed by atoms with E-state index in [1.165, 1.54) is 0 Å². The van der Waals surface area contributed by atoms with Crippen LogP contribution in [0.3, 0.4) is 0 Å². The summed E-state index contributed by atoms with van der Waals surface area (Å²) in [6, 6.07) is 0. The second-order valence-electron chi connectivity index (χ2n) is 4.79. The van der Waals surface area contributed by atoms with Crippen molar-refractivity contribution >= 4 is 13.6 Å². The molecule has 2 unspecified atom stereocenters. The van der Waals surface area contributed by atoms with Gasteiger partial charge in [0.1, 0.15) is 0 Å². The molecule has 0 radical (unpaired) electrons. The Morgan fingerprint density at radius 3 is 2.16 bits per heavy atom. The number of carbonyl (C=O) groups is 1. The van der Waals surface area contributed by atoms with Crippen LogP contribution in [0.2, 0.25) is 0 Å². The van der Waals surface area contributed by atoms with Gasteiger partial charge in [0.25, 0.3) is 0 Å². The zero-order valence-corrected chi connectivity index (χ0v) is 13.3. The standard InChI is InChI=1S/C13H27O5P/c1-5-9-10-11(6-2)13(7-3,19(15,16)17)12(14)18-8-4/h11H,5-10H2,1-4H3,(H2,15,16,17). The summed E-state index contributed by atoms with van der Waals surface area (Å²) in [7, 11) is -4.58. The number of unbranched alkanes of at least 4 members (excludes halogenated alkanes) is 1. The van der Waals surface area contributed by atoms with Crippen LogP contribution in [0, 0.1) is 5.92 Å². The van der Waals surface area contributed by atoms with Crippen LogP contribution >= 0.6 is 7.60 Å². The van der Waals surface area contributed by atoms with Crippen LogP contribution < -0.4 is 0 Å². The first kappa shape index (κ1) is 18.6. The highest BCUT2D eigenvalue weighted by atomic mass is 31.2. The lowest BCUT2D eigenvalue weighted by Crippen LogP contribution is -2.46. The number of hydrogen-bond acceptors (Lipinski definition) is 3. The van der Waals surface area contributed by atoms with Gasteiger partial charge < -0.3 is 14.5 Å². The summed E-state index contributed by atoms with van der Waals surface area (Å²) in [6.07, 6.45) is 3.06. The Labute approximate surface area is 115 Å². The number of rotatable bonds is 9. The molecule has 5 nitrogen and oxygen atoms in total. The summed E-state index contributed by atoms with van der Waals surface area (Å²) >= 11 is 0. The molecule has 0 amide bonds. The molecule has 0 bridgehead atoms. The molecule has 0 heterocycles. The molecule has 0 aromatic rings. The second kappa shape index (κ2) is 8.03. The van der Waals surface area contributed by atoms with Gasteiger partial charge in [-0.2, -0.15) is 0 Å². The molecule has 0 saturated carbocycles. The molecule has 0 rings (SSSR count). The lowest BCUT2D eigenvalue weighted by Gasteiger charge is -2.37. The van der Waals surface area contributed by atoms with Gasteiger partial charge in [0.2, 0.25) is 0 Å². The molecular formula is C13H27O5P. The topological polar surface area (TPSA) is 83.8 Å². The quantitative estimate of drug-likeness (QED) is 0.504. The highest BCUT2D eigenvalue weighted by Gasteiger charge is 2.57. The van der Waals surface area contributed by atoms with Crippen molar-refractivity contribution in [2.75, 3.05) is 6.61 Å². The van der Waals surface area contributed by atoms with Gasteiger partial charge in [-0.05, 0) is 25.7 Å². The first-order valence-corrected chi connectivity index (χ1v) is 8.65. The average molecular weight is 294 g/mol. The van der Waals surface area contributed by atoms with E-state index in [-0.39, 0.29) is 18.9 Å². The fraction of sp³-hybridized carbons (Fsp3) is 0.923. The largest absolute Gasteiger partial charge is 0.465 e. The lowest BCUT2D eigenvalue weighted by molar-refractivity contribution is -0.149. The van der Waals surface area contributed by atoms with Crippen molar-refractivity contribution in [3.63, 3.8) is 0 Å². The van der Waals surface area contributed by atoms with Crippen LogP contribution in [0.5, 0.6) is 0 Å². The van der Waals surface area contributed by atoms with Crippen molar-refractivity contribution in [2.45, 2.75) is 65.0 Å². The molecule has 114 valence electrons. The van der Waals surface area contributed by atoms with Gasteiger partial charge in [-0.3, -0.25) is 9.36 Å². The maximum absolute atomic E-state index is 12.2. The number of hydrogen-bond donors (Lipinski definition) is 2. The second-order valence-corrected chi connectivity index (χ2v) is 6.68. The van der Waals surface area contributed by atoms with Crippen LogP contribution in [-0.2, 0) is 14.1 Å². The smallest absolute Gasteiger partial charge is 0.343 e. The minimum Gasteiger partial charge on any atom is -0.465 e. The third kappa shape index (κ3) is 4.04. The van der Waals surface area contributed by atoms with E-state index >= 15 is 0 Å². The van der Waals surface area contributed by atoms with Crippen LogP contribution in [0.4, 0.5) is 0 Å². The lowest BCUT2D eigenvalue weighted by atomic mass is 9.83. The van der Waals surface area contributed by atoms with Crippen LogP contribution in [0.25, 0.3) is 0 Å². The Kier molecular flexibility index (Phi) is 7.87. The van der Waals surface area contributed by atoms with Gasteiger partial charge in [0.15, 0.2) is 5.16 Å². The number of ether oxygens (including phenoxy) is 1. The van der Waals surface area contributed by atoms with E-state index < -0.39 is 18.7 Å². The molecule has 19 heavy (non-hydrogen) atoms. The van der Waals surface area contributed by atoms with Gasteiger partial charge in [-0.15, -0.1) is 0 Å². The summed E-state index contributed by atoms with van der Waals surface area (Å²) in [5.74, 6) is -1.11. The summed E-state index contributed by atoms with van der Waals surface area (Å²) in [6.45, 7) is 7.29. The van der Waals surface area contributed by atoms with Crippen molar-refractivity contribution in [1.82, 2.24) is 0 Å². The summed E-state index contributed by atoms with van der Waals surface area (Å²) in [4.78, 5) is 31.7. The monoisotopic (exact) mass is 294 g/mol. The molecule has 0 spiro atoms. The minimum atomic E-state index is -4.58. The van der Waals surface area contributed by atoms with E-state index in [1.807, 2.05) is 13.8 Å². The molecular weight excluding hydrogens is 267 g/mol. The van der Waals surface area contributed by atoms with Crippen molar-refractivity contribution in [2.24, 2.45) is 5.92 Å². The predicted molar refractivity (Wildman–Crippen MR) is 75.0 cm³/mol. The molecule has 0 aromatic heterocycles. The summed E-state index contributed by atoms with van der Waals surface area (Å²) in [5, 5.41) is -1.69. The van der Waals surface area contributed by atoms with Crippen LogP contribution in [-0.4, -0.2) is 27.5 Å². The molecule has 0 fully saturated rings. The Bertz CT molecular complexity index is 325. The van der Waals surface area contributed by atoms with Crippen LogP contribution in [0.15, 0.2) is 0 Å². The van der Waals surface area contributed by atoms with Crippen LogP contribution in [0.1, 0.15) is 59.8 Å². The zero-order chi connectivity index (χ0) is 15.1. The molecule has 0 aliphatic heterocycles. The Morgan fingerprint density at radius 2 is 1.84 bits per heavy atom. The Hall–Kier alpha value is -0.380. The third-order valence-electron chi connectivity index (χ3n) is 3.76. The number of esters is 1. The fourth-order valence-electron chi connectivity index (χ4n) is 2.65. The van der Waals surface area contributed by atoms with Crippen molar-refractivity contribution < 1.29 is 23.9 Å². The van der Waals surface area contributed by atoms with E-state index in [4.69, 9.17) is 4.74 Å². The molecule has 2 atom stereocenters. The predicted octanol–water partition coefficient (Wildman–Crippen LogP) is 3.09. The molecule has 2 N–H and O–H groups in total. The van der Waals surface area contributed by atoms with Gasteiger partial charge in [-0.25, -0.2) is 0 Å². The molecule has 0 aliphatic rings.